The molecule has 4 nitrogen and oxygen atoms in total. The zero-order valence-corrected chi connectivity index (χ0v) is 14.5. The number of hydrogen-bond acceptors (Lipinski definition) is 3. The van der Waals surface area contributed by atoms with E-state index in [4.69, 9.17) is 0 Å². The van der Waals surface area contributed by atoms with E-state index in [1.54, 1.807) is 6.92 Å². The Bertz CT molecular complexity index is 825. The molecule has 0 spiro atoms. The summed E-state index contributed by atoms with van der Waals surface area (Å²) in [6.07, 6.45) is 0. The van der Waals surface area contributed by atoms with Crippen molar-refractivity contribution in [1.29, 1.82) is 0 Å². The van der Waals surface area contributed by atoms with Crippen LogP contribution in [0.1, 0.15) is 15.9 Å². The molecule has 3 amide bonds. The van der Waals surface area contributed by atoms with E-state index in [2.05, 4.69) is 0 Å². The minimum absolute atomic E-state index is 0.319. The summed E-state index contributed by atoms with van der Waals surface area (Å²) in [6.45, 7) is 1.60. The first-order valence-electron chi connectivity index (χ1n) is 7.29. The lowest BCUT2D eigenvalue weighted by molar-refractivity contribution is 0.0957. The molecule has 0 unspecified atom stereocenters. The van der Waals surface area contributed by atoms with Gasteiger partial charge < -0.3 is 0 Å². The molecule has 9 heteroatoms. The maximum atomic E-state index is 13.6. The van der Waals surface area contributed by atoms with Crippen LogP contribution in [0.5, 0.6) is 0 Å². The first kappa shape index (κ1) is 19.8. The lowest BCUT2D eigenvalue weighted by atomic mass is 10.2. The first-order chi connectivity index (χ1) is 12.2. The number of nitrogens with one attached hydrogen (secondary N) is 1. The monoisotopic (exact) mass is 386 g/mol. The number of imide groups is 1. The fraction of sp³-hybridized carbons (Fsp3) is 0.176. The van der Waals surface area contributed by atoms with Crippen molar-refractivity contribution in [2.75, 3.05) is 11.9 Å². The van der Waals surface area contributed by atoms with Gasteiger partial charge in [0.25, 0.3) is 11.7 Å². The van der Waals surface area contributed by atoms with Crippen LogP contribution in [0.15, 0.2) is 41.3 Å². The van der Waals surface area contributed by atoms with Crippen molar-refractivity contribution in [2.24, 2.45) is 0 Å². The fourth-order valence-corrected chi connectivity index (χ4v) is 2.85. The van der Waals surface area contributed by atoms with Crippen molar-refractivity contribution >= 4 is 29.4 Å². The van der Waals surface area contributed by atoms with Gasteiger partial charge in [-0.3, -0.25) is 15.0 Å². The number of carbonyl (C=O) groups is 2. The van der Waals surface area contributed by atoms with Crippen molar-refractivity contribution < 1.29 is 27.2 Å². The minimum atomic E-state index is -2.57. The Hall–Kier alpha value is -2.55. The summed E-state index contributed by atoms with van der Waals surface area (Å²) in [6, 6.07) is 6.28. The number of hydrogen-bond donors (Lipinski definition) is 1. The second-order valence-electron chi connectivity index (χ2n) is 5.24. The Morgan fingerprint density at radius 2 is 1.73 bits per heavy atom. The summed E-state index contributed by atoms with van der Waals surface area (Å²) >= 11 is 0.363. The number of urea groups is 1. The molecule has 26 heavy (non-hydrogen) atoms. The summed E-state index contributed by atoms with van der Waals surface area (Å²) in [5, 5.41) is 1.89. The number of anilines is 1. The molecule has 0 aliphatic carbocycles. The highest BCUT2D eigenvalue weighted by molar-refractivity contribution is 7.99. The highest BCUT2D eigenvalue weighted by Crippen LogP contribution is 2.29. The van der Waals surface area contributed by atoms with E-state index in [1.807, 2.05) is 5.32 Å². The predicted molar refractivity (Wildman–Crippen MR) is 90.7 cm³/mol. The van der Waals surface area contributed by atoms with Crippen LogP contribution in [0.4, 0.5) is 28.0 Å². The molecule has 2 aromatic carbocycles. The number of halogens is 4. The van der Waals surface area contributed by atoms with Crippen LogP contribution in [-0.2, 0) is 0 Å². The Balaban J connectivity index is 2.16. The van der Waals surface area contributed by atoms with Gasteiger partial charge in [-0.05, 0) is 42.8 Å². The normalized spacial score (nSPS) is 10.7. The second-order valence-corrected chi connectivity index (χ2v) is 6.31. The Morgan fingerprint density at radius 1 is 1.12 bits per heavy atom. The maximum Gasteiger partial charge on any atom is 0.328 e. The number of amides is 3. The average molecular weight is 386 g/mol. The van der Waals surface area contributed by atoms with E-state index in [0.29, 0.717) is 27.9 Å². The average Bonchev–Trinajstić information content (AvgIpc) is 2.53. The second kappa shape index (κ2) is 8.22. The largest absolute Gasteiger partial charge is 0.328 e. The number of alkyl halides is 2. The Labute approximate surface area is 151 Å². The predicted octanol–water partition coefficient (Wildman–Crippen LogP) is 4.57. The molecule has 0 aliphatic rings. The molecule has 0 atom stereocenters. The maximum absolute atomic E-state index is 13.6. The van der Waals surface area contributed by atoms with Gasteiger partial charge in [-0.2, -0.15) is 8.78 Å². The SMILES string of the molecule is Cc1cc(SC(F)F)ccc1N(C)C(=O)NC(=O)c1c(F)cccc1F. The van der Waals surface area contributed by atoms with Crippen LogP contribution in [-0.4, -0.2) is 24.7 Å². The quantitative estimate of drug-likeness (QED) is 0.618. The molecular weight excluding hydrogens is 372 g/mol. The van der Waals surface area contributed by atoms with Gasteiger partial charge in [0.05, 0.1) is 0 Å². The standard InChI is InChI=1S/C17H14F4N2O2S/c1-9-8-10(26-16(20)21)6-7-13(9)23(2)17(25)22-15(24)14-11(18)4-3-5-12(14)19/h3-8,16H,1-2H3,(H,22,24,25). The van der Waals surface area contributed by atoms with Crippen molar-refractivity contribution in [1.82, 2.24) is 5.32 Å². The van der Waals surface area contributed by atoms with E-state index in [0.717, 1.165) is 23.1 Å². The summed E-state index contributed by atoms with van der Waals surface area (Å²) in [7, 11) is 1.34. The third-order valence-electron chi connectivity index (χ3n) is 3.47. The van der Waals surface area contributed by atoms with Crippen LogP contribution in [0.25, 0.3) is 0 Å². The number of carbonyl (C=O) groups excluding carboxylic acids is 2. The summed E-state index contributed by atoms with van der Waals surface area (Å²) in [5.74, 6) is -5.99. The van der Waals surface area contributed by atoms with E-state index in [9.17, 15) is 27.2 Å². The van der Waals surface area contributed by atoms with Gasteiger partial charge >= 0.3 is 6.03 Å². The summed E-state index contributed by atoms with van der Waals surface area (Å²) in [4.78, 5) is 25.5. The molecule has 0 aliphatic heterocycles. The minimum Gasteiger partial charge on any atom is -0.297 e. The Morgan fingerprint density at radius 3 is 2.27 bits per heavy atom. The lowest BCUT2D eigenvalue weighted by Crippen LogP contribution is -2.41. The number of benzene rings is 2. The van der Waals surface area contributed by atoms with E-state index < -0.39 is 34.9 Å². The highest BCUT2D eigenvalue weighted by Gasteiger charge is 2.22. The van der Waals surface area contributed by atoms with Gasteiger partial charge in [-0.15, -0.1) is 0 Å². The number of rotatable bonds is 4. The molecule has 0 bridgehead atoms. The molecule has 0 saturated carbocycles. The fourth-order valence-electron chi connectivity index (χ4n) is 2.25. The van der Waals surface area contributed by atoms with Gasteiger partial charge in [-0.1, -0.05) is 17.8 Å². The number of nitrogens with zero attached hydrogens (tertiary/aromatic N) is 1. The van der Waals surface area contributed by atoms with Gasteiger partial charge in [-0.25, -0.2) is 13.6 Å². The van der Waals surface area contributed by atoms with Crippen molar-refractivity contribution in [3.8, 4) is 0 Å². The first-order valence-corrected chi connectivity index (χ1v) is 8.17. The number of aryl methyl sites for hydroxylation is 1. The Kier molecular flexibility index (Phi) is 6.25. The van der Waals surface area contributed by atoms with E-state index in [-0.39, 0.29) is 0 Å². The van der Waals surface area contributed by atoms with Gasteiger partial charge in [0.2, 0.25) is 0 Å². The van der Waals surface area contributed by atoms with Gasteiger partial charge in [0.15, 0.2) is 0 Å². The van der Waals surface area contributed by atoms with Crippen molar-refractivity contribution in [2.45, 2.75) is 17.6 Å². The van der Waals surface area contributed by atoms with Crippen LogP contribution >= 0.6 is 11.8 Å². The van der Waals surface area contributed by atoms with Crippen LogP contribution in [0.2, 0.25) is 0 Å². The molecular formula is C17H14F4N2O2S. The summed E-state index contributed by atoms with van der Waals surface area (Å²) in [5.41, 5.74) is -0.00426. The topological polar surface area (TPSA) is 49.4 Å². The van der Waals surface area contributed by atoms with Gasteiger partial charge in [0, 0.05) is 17.6 Å². The van der Waals surface area contributed by atoms with Crippen LogP contribution in [0.3, 0.4) is 0 Å². The molecule has 1 N–H and O–H groups in total. The van der Waals surface area contributed by atoms with E-state index in [1.165, 1.54) is 25.2 Å². The molecule has 138 valence electrons. The van der Waals surface area contributed by atoms with E-state index >= 15 is 0 Å². The van der Waals surface area contributed by atoms with Crippen molar-refractivity contribution in [3.05, 3.63) is 59.2 Å². The molecule has 2 aromatic rings. The van der Waals surface area contributed by atoms with Crippen LogP contribution in [0, 0.1) is 18.6 Å². The highest BCUT2D eigenvalue weighted by atomic mass is 32.2. The van der Waals surface area contributed by atoms with Crippen molar-refractivity contribution in [3.63, 3.8) is 0 Å². The summed E-state index contributed by atoms with van der Waals surface area (Å²) < 4.78 is 52.0. The third kappa shape index (κ3) is 4.54. The molecule has 0 heterocycles. The third-order valence-corrected chi connectivity index (χ3v) is 4.17. The molecule has 0 fully saturated rings. The zero-order valence-electron chi connectivity index (χ0n) is 13.7. The number of thioether (sulfide) groups is 1. The smallest absolute Gasteiger partial charge is 0.297 e. The molecule has 0 saturated heterocycles. The zero-order chi connectivity index (χ0) is 19.4. The molecule has 0 aromatic heterocycles. The molecule has 0 radical (unpaired) electrons. The van der Waals surface area contributed by atoms with Crippen LogP contribution < -0.4 is 10.2 Å². The van der Waals surface area contributed by atoms with Gasteiger partial charge in [0.1, 0.15) is 17.2 Å². The lowest BCUT2D eigenvalue weighted by Gasteiger charge is -2.20. The molecule has 2 rings (SSSR count).